The molecule has 0 bridgehead atoms. The highest BCUT2D eigenvalue weighted by molar-refractivity contribution is 5.66. The predicted molar refractivity (Wildman–Crippen MR) is 116 cm³/mol. The van der Waals surface area contributed by atoms with Crippen LogP contribution in [-0.2, 0) is 0 Å². The molecule has 2 aromatic carbocycles. The zero-order valence-corrected chi connectivity index (χ0v) is 16.7. The first-order valence-electron chi connectivity index (χ1n) is 9.70. The summed E-state index contributed by atoms with van der Waals surface area (Å²) in [6.45, 7) is 1.96. The Kier molecular flexibility index (Phi) is 5.65. The number of hydrogen-bond donors (Lipinski definition) is 2. The number of methoxy groups -OCH3 is 2. The molecule has 0 saturated carbocycles. The highest BCUT2D eigenvalue weighted by Gasteiger charge is 2.17. The molecule has 0 unspecified atom stereocenters. The van der Waals surface area contributed by atoms with Crippen molar-refractivity contribution >= 4 is 29.0 Å². The van der Waals surface area contributed by atoms with Crippen LogP contribution in [0.4, 0.5) is 29.0 Å². The number of aromatic nitrogens is 2. The molecule has 4 rings (SSSR count). The van der Waals surface area contributed by atoms with Crippen LogP contribution in [0.15, 0.2) is 54.6 Å². The molecule has 3 aromatic rings. The summed E-state index contributed by atoms with van der Waals surface area (Å²) in [7, 11) is 3.32. The fourth-order valence-corrected chi connectivity index (χ4v) is 3.27. The fraction of sp³-hybridized carbons (Fsp3) is 0.273. The van der Waals surface area contributed by atoms with Gasteiger partial charge in [0.05, 0.1) is 14.2 Å². The number of ether oxygens (including phenoxy) is 2. The zero-order chi connectivity index (χ0) is 20.1. The number of anilines is 5. The van der Waals surface area contributed by atoms with Crippen LogP contribution < -0.4 is 25.0 Å². The van der Waals surface area contributed by atoms with Gasteiger partial charge < -0.3 is 25.0 Å². The van der Waals surface area contributed by atoms with Gasteiger partial charge in [-0.15, -0.1) is 0 Å². The first kappa shape index (κ1) is 18.9. The number of hydrogen-bond acceptors (Lipinski definition) is 7. The van der Waals surface area contributed by atoms with Crippen LogP contribution >= 0.6 is 0 Å². The minimum Gasteiger partial charge on any atom is -0.497 e. The van der Waals surface area contributed by atoms with Crippen molar-refractivity contribution in [3.8, 4) is 11.5 Å². The van der Waals surface area contributed by atoms with E-state index >= 15 is 0 Å². The molecule has 1 aliphatic heterocycles. The largest absolute Gasteiger partial charge is 0.497 e. The van der Waals surface area contributed by atoms with E-state index in [9.17, 15) is 0 Å². The zero-order valence-electron chi connectivity index (χ0n) is 16.7. The molecule has 7 nitrogen and oxygen atoms in total. The van der Waals surface area contributed by atoms with Crippen molar-refractivity contribution in [2.45, 2.75) is 12.8 Å². The van der Waals surface area contributed by atoms with Crippen molar-refractivity contribution in [1.29, 1.82) is 0 Å². The molecule has 1 saturated heterocycles. The molecule has 0 spiro atoms. The second-order valence-electron chi connectivity index (χ2n) is 6.84. The Hall–Kier alpha value is -3.48. The van der Waals surface area contributed by atoms with E-state index in [-0.39, 0.29) is 0 Å². The quantitative estimate of drug-likeness (QED) is 0.611. The molecule has 1 aliphatic rings. The van der Waals surface area contributed by atoms with Crippen molar-refractivity contribution in [2.75, 3.05) is 42.8 Å². The molecule has 2 N–H and O–H groups in total. The molecule has 1 aromatic heterocycles. The first-order valence-corrected chi connectivity index (χ1v) is 9.70. The smallest absolute Gasteiger partial charge is 0.229 e. The van der Waals surface area contributed by atoms with Gasteiger partial charge in [0.1, 0.15) is 23.1 Å². The minimum absolute atomic E-state index is 0.733. The Morgan fingerprint density at radius 2 is 1.17 bits per heavy atom. The van der Waals surface area contributed by atoms with E-state index in [4.69, 9.17) is 19.4 Å². The molecule has 1 fully saturated rings. The van der Waals surface area contributed by atoms with Crippen LogP contribution in [0.3, 0.4) is 0 Å². The van der Waals surface area contributed by atoms with Gasteiger partial charge in [0.15, 0.2) is 0 Å². The number of nitrogens with one attached hydrogen (secondary N) is 2. The molecule has 7 heteroatoms. The van der Waals surface area contributed by atoms with Gasteiger partial charge in [-0.05, 0) is 61.4 Å². The van der Waals surface area contributed by atoms with Gasteiger partial charge in [0, 0.05) is 30.5 Å². The van der Waals surface area contributed by atoms with Gasteiger partial charge in [0.2, 0.25) is 5.95 Å². The maximum Gasteiger partial charge on any atom is 0.229 e. The Balaban J connectivity index is 1.60. The summed E-state index contributed by atoms with van der Waals surface area (Å²) >= 11 is 0. The second kappa shape index (κ2) is 8.68. The lowest BCUT2D eigenvalue weighted by molar-refractivity contribution is 0.415. The standard InChI is InChI=1S/C22H25N5O2/c1-28-18-9-5-16(6-10-18)23-20-15-21(24-17-7-11-19(29-2)12-8-17)26-22(25-20)27-13-3-4-14-27/h5-12,15H,3-4,13-14H2,1-2H3,(H2,23,24,25,26). The summed E-state index contributed by atoms with van der Waals surface area (Å²) in [5.41, 5.74) is 1.87. The van der Waals surface area contributed by atoms with E-state index in [1.165, 1.54) is 12.8 Å². The maximum absolute atomic E-state index is 5.23. The Morgan fingerprint density at radius 3 is 1.59 bits per heavy atom. The third kappa shape index (κ3) is 4.68. The van der Waals surface area contributed by atoms with Crippen molar-refractivity contribution in [1.82, 2.24) is 9.97 Å². The second-order valence-corrected chi connectivity index (χ2v) is 6.84. The highest BCUT2D eigenvalue weighted by Crippen LogP contribution is 2.26. The molecule has 2 heterocycles. The average molecular weight is 391 g/mol. The highest BCUT2D eigenvalue weighted by atomic mass is 16.5. The van der Waals surface area contributed by atoms with Gasteiger partial charge in [-0.3, -0.25) is 0 Å². The van der Waals surface area contributed by atoms with Crippen LogP contribution in [0.2, 0.25) is 0 Å². The molecular weight excluding hydrogens is 366 g/mol. The van der Waals surface area contributed by atoms with Crippen molar-refractivity contribution < 1.29 is 9.47 Å². The third-order valence-corrected chi connectivity index (χ3v) is 4.83. The van der Waals surface area contributed by atoms with Crippen molar-refractivity contribution in [3.63, 3.8) is 0 Å². The topological polar surface area (TPSA) is 71.5 Å². The molecule has 0 amide bonds. The fourth-order valence-electron chi connectivity index (χ4n) is 3.27. The lowest BCUT2D eigenvalue weighted by Gasteiger charge is -2.18. The molecule has 0 aliphatic carbocycles. The Morgan fingerprint density at radius 1 is 0.724 bits per heavy atom. The number of rotatable bonds is 7. The van der Waals surface area contributed by atoms with E-state index in [2.05, 4.69) is 15.5 Å². The lowest BCUT2D eigenvalue weighted by Crippen LogP contribution is -2.21. The van der Waals surface area contributed by atoms with Gasteiger partial charge in [-0.2, -0.15) is 9.97 Å². The SMILES string of the molecule is COc1ccc(Nc2cc(Nc3ccc(OC)cc3)nc(N3CCCC3)n2)cc1. The number of benzene rings is 2. The van der Waals surface area contributed by atoms with Crippen LogP contribution in [-0.4, -0.2) is 37.3 Å². The van der Waals surface area contributed by atoms with E-state index in [0.29, 0.717) is 0 Å². The molecule has 29 heavy (non-hydrogen) atoms. The maximum atomic E-state index is 5.23. The third-order valence-electron chi connectivity index (χ3n) is 4.83. The van der Waals surface area contributed by atoms with Gasteiger partial charge in [-0.25, -0.2) is 0 Å². The van der Waals surface area contributed by atoms with E-state index in [1.807, 2.05) is 54.6 Å². The van der Waals surface area contributed by atoms with Crippen LogP contribution in [0.1, 0.15) is 12.8 Å². The number of nitrogens with zero attached hydrogens (tertiary/aromatic N) is 3. The van der Waals surface area contributed by atoms with Crippen molar-refractivity contribution in [3.05, 3.63) is 54.6 Å². The summed E-state index contributed by atoms with van der Waals surface area (Å²) in [5, 5.41) is 6.74. The van der Waals surface area contributed by atoms with Gasteiger partial charge in [0.25, 0.3) is 0 Å². The summed E-state index contributed by atoms with van der Waals surface area (Å²) in [4.78, 5) is 11.7. The molecule has 0 atom stereocenters. The average Bonchev–Trinajstić information content (AvgIpc) is 3.30. The van der Waals surface area contributed by atoms with Crippen LogP contribution in [0.25, 0.3) is 0 Å². The summed E-state index contributed by atoms with van der Waals surface area (Å²) < 4.78 is 10.5. The molecule has 150 valence electrons. The monoisotopic (exact) mass is 391 g/mol. The Labute approximate surface area is 170 Å². The minimum atomic E-state index is 0.733. The predicted octanol–water partition coefficient (Wildman–Crippen LogP) is 4.58. The van der Waals surface area contributed by atoms with E-state index < -0.39 is 0 Å². The van der Waals surface area contributed by atoms with E-state index in [1.54, 1.807) is 14.2 Å². The Bertz CT molecular complexity index is 871. The normalized spacial score (nSPS) is 13.2. The molecule has 0 radical (unpaired) electrons. The summed E-state index contributed by atoms with van der Waals surface area (Å²) in [6, 6.07) is 17.4. The molecular formula is C22H25N5O2. The van der Waals surface area contributed by atoms with Gasteiger partial charge >= 0.3 is 0 Å². The summed E-state index contributed by atoms with van der Waals surface area (Å²) in [5.74, 6) is 3.85. The van der Waals surface area contributed by atoms with E-state index in [0.717, 1.165) is 53.5 Å². The van der Waals surface area contributed by atoms with Crippen LogP contribution in [0.5, 0.6) is 11.5 Å². The van der Waals surface area contributed by atoms with Crippen molar-refractivity contribution in [2.24, 2.45) is 0 Å². The van der Waals surface area contributed by atoms with Crippen LogP contribution in [0, 0.1) is 0 Å². The summed E-state index contributed by atoms with van der Waals surface area (Å²) in [6.07, 6.45) is 2.33. The van der Waals surface area contributed by atoms with Gasteiger partial charge in [-0.1, -0.05) is 0 Å². The first-order chi connectivity index (χ1) is 14.2. The lowest BCUT2D eigenvalue weighted by atomic mass is 10.3.